The minimum Gasteiger partial charge on any atom is -0.493 e. The van der Waals surface area contributed by atoms with E-state index in [0.29, 0.717) is 28.6 Å². The SMILES string of the molecule is COc1cc(N2CC(C(=O)Nc3ccc(SC)nc3)CC2=O)cc(OC)c1OC. The fourth-order valence-corrected chi connectivity index (χ4v) is 3.54. The van der Waals surface area contributed by atoms with Crippen molar-refractivity contribution in [1.29, 1.82) is 0 Å². The molecule has 2 amide bonds. The van der Waals surface area contributed by atoms with Crippen LogP contribution in [0.4, 0.5) is 11.4 Å². The lowest BCUT2D eigenvalue weighted by molar-refractivity contribution is -0.122. The molecule has 1 saturated heterocycles. The predicted molar refractivity (Wildman–Crippen MR) is 111 cm³/mol. The highest BCUT2D eigenvalue weighted by Gasteiger charge is 2.36. The average molecular weight is 417 g/mol. The van der Waals surface area contributed by atoms with E-state index in [0.717, 1.165) is 5.03 Å². The summed E-state index contributed by atoms with van der Waals surface area (Å²) in [4.78, 5) is 31.0. The lowest BCUT2D eigenvalue weighted by Gasteiger charge is -2.20. The number of hydrogen-bond acceptors (Lipinski definition) is 7. The van der Waals surface area contributed by atoms with E-state index in [1.807, 2.05) is 12.3 Å². The number of carbonyl (C=O) groups is 2. The zero-order valence-electron chi connectivity index (χ0n) is 16.7. The number of aromatic nitrogens is 1. The molecule has 9 heteroatoms. The second kappa shape index (κ2) is 9.04. The van der Waals surface area contributed by atoms with Gasteiger partial charge in [0.2, 0.25) is 17.6 Å². The fraction of sp³-hybridized carbons (Fsp3) is 0.350. The van der Waals surface area contributed by atoms with Crippen molar-refractivity contribution in [3.63, 3.8) is 0 Å². The summed E-state index contributed by atoms with van der Waals surface area (Å²) in [5, 5.41) is 3.70. The average Bonchev–Trinajstić information content (AvgIpc) is 3.14. The van der Waals surface area contributed by atoms with Gasteiger partial charge in [-0.05, 0) is 18.4 Å². The molecule has 2 aromatic rings. The number of rotatable bonds is 7. The van der Waals surface area contributed by atoms with Crippen LogP contribution in [-0.4, -0.2) is 50.9 Å². The molecule has 1 N–H and O–H groups in total. The van der Waals surface area contributed by atoms with E-state index in [2.05, 4.69) is 10.3 Å². The van der Waals surface area contributed by atoms with Crippen molar-refractivity contribution in [2.75, 3.05) is 44.3 Å². The first kappa shape index (κ1) is 20.8. The van der Waals surface area contributed by atoms with Crippen molar-refractivity contribution < 1.29 is 23.8 Å². The standard InChI is InChI=1S/C20H23N3O5S/c1-26-15-8-14(9-16(27-2)19(15)28-3)23-11-12(7-18(23)24)20(25)22-13-5-6-17(29-4)21-10-13/h5-6,8-10,12H,7,11H2,1-4H3,(H,22,25). The summed E-state index contributed by atoms with van der Waals surface area (Å²) in [7, 11) is 4.54. The first-order valence-electron chi connectivity index (χ1n) is 8.92. The van der Waals surface area contributed by atoms with E-state index >= 15 is 0 Å². The summed E-state index contributed by atoms with van der Waals surface area (Å²) in [6, 6.07) is 7.03. The van der Waals surface area contributed by atoms with Gasteiger partial charge < -0.3 is 24.4 Å². The molecule has 1 aromatic carbocycles. The van der Waals surface area contributed by atoms with E-state index in [1.165, 1.54) is 33.1 Å². The Labute approximate surface area is 173 Å². The molecule has 3 rings (SSSR count). The minimum absolute atomic E-state index is 0.124. The Morgan fingerprint density at radius 2 is 1.86 bits per heavy atom. The van der Waals surface area contributed by atoms with E-state index in [4.69, 9.17) is 14.2 Å². The summed E-state index contributed by atoms with van der Waals surface area (Å²) < 4.78 is 16.0. The third-order valence-electron chi connectivity index (χ3n) is 4.67. The highest BCUT2D eigenvalue weighted by atomic mass is 32.2. The molecule has 1 aliphatic heterocycles. The zero-order chi connectivity index (χ0) is 21.0. The van der Waals surface area contributed by atoms with Crippen LogP contribution in [0, 0.1) is 5.92 Å². The normalized spacial score (nSPS) is 15.9. The molecule has 1 unspecified atom stereocenters. The van der Waals surface area contributed by atoms with Crippen LogP contribution in [0.15, 0.2) is 35.5 Å². The monoisotopic (exact) mass is 417 g/mol. The Morgan fingerprint density at radius 1 is 1.17 bits per heavy atom. The van der Waals surface area contributed by atoms with Crippen LogP contribution in [0.25, 0.3) is 0 Å². The van der Waals surface area contributed by atoms with Crippen LogP contribution in [0.3, 0.4) is 0 Å². The van der Waals surface area contributed by atoms with Gasteiger partial charge in [0, 0.05) is 25.1 Å². The molecular weight excluding hydrogens is 394 g/mol. The lowest BCUT2D eigenvalue weighted by Crippen LogP contribution is -2.28. The number of amides is 2. The van der Waals surface area contributed by atoms with E-state index in [9.17, 15) is 9.59 Å². The Hall–Kier alpha value is -2.94. The number of thioether (sulfide) groups is 1. The fourth-order valence-electron chi connectivity index (χ4n) is 3.18. The molecule has 1 aliphatic rings. The van der Waals surface area contributed by atoms with E-state index < -0.39 is 5.92 Å². The van der Waals surface area contributed by atoms with Gasteiger partial charge >= 0.3 is 0 Å². The molecule has 2 heterocycles. The number of pyridine rings is 1. The van der Waals surface area contributed by atoms with Crippen molar-refractivity contribution in [2.45, 2.75) is 11.4 Å². The maximum atomic E-state index is 12.6. The molecule has 8 nitrogen and oxygen atoms in total. The van der Waals surface area contributed by atoms with Crippen LogP contribution >= 0.6 is 11.8 Å². The number of methoxy groups -OCH3 is 3. The molecule has 0 radical (unpaired) electrons. The van der Waals surface area contributed by atoms with Crippen LogP contribution in [0.1, 0.15) is 6.42 Å². The Morgan fingerprint density at radius 3 is 2.38 bits per heavy atom. The molecule has 0 spiro atoms. The van der Waals surface area contributed by atoms with Gasteiger partial charge in [0.25, 0.3) is 0 Å². The van der Waals surface area contributed by atoms with Gasteiger partial charge in [-0.15, -0.1) is 11.8 Å². The molecular formula is C20H23N3O5S. The molecule has 0 bridgehead atoms. The molecule has 0 saturated carbocycles. The Bertz CT molecular complexity index is 878. The number of carbonyl (C=O) groups excluding carboxylic acids is 2. The van der Waals surface area contributed by atoms with Crippen LogP contribution in [0.2, 0.25) is 0 Å². The largest absolute Gasteiger partial charge is 0.493 e. The number of ether oxygens (including phenoxy) is 3. The number of hydrogen-bond donors (Lipinski definition) is 1. The lowest BCUT2D eigenvalue weighted by atomic mass is 10.1. The molecule has 0 aliphatic carbocycles. The molecule has 1 fully saturated rings. The van der Waals surface area contributed by atoms with Crippen molar-refractivity contribution in [3.05, 3.63) is 30.5 Å². The maximum Gasteiger partial charge on any atom is 0.229 e. The Kier molecular flexibility index (Phi) is 6.48. The zero-order valence-corrected chi connectivity index (χ0v) is 17.5. The molecule has 1 atom stereocenters. The number of anilines is 2. The van der Waals surface area contributed by atoms with Gasteiger partial charge in [-0.3, -0.25) is 9.59 Å². The van der Waals surface area contributed by atoms with Gasteiger partial charge in [-0.25, -0.2) is 4.98 Å². The molecule has 154 valence electrons. The third-order valence-corrected chi connectivity index (χ3v) is 5.33. The van der Waals surface area contributed by atoms with Crippen molar-refractivity contribution >= 4 is 35.0 Å². The number of benzene rings is 1. The summed E-state index contributed by atoms with van der Waals surface area (Å²) in [6.45, 7) is 0.264. The topological polar surface area (TPSA) is 90.0 Å². The second-order valence-corrected chi connectivity index (χ2v) is 7.19. The minimum atomic E-state index is -0.471. The number of nitrogens with zero attached hydrogens (tertiary/aromatic N) is 2. The highest BCUT2D eigenvalue weighted by molar-refractivity contribution is 7.98. The summed E-state index contributed by atoms with van der Waals surface area (Å²) in [6.07, 6.45) is 3.67. The molecule has 1 aromatic heterocycles. The maximum absolute atomic E-state index is 12.6. The van der Waals surface area contributed by atoms with Gasteiger partial charge in [-0.2, -0.15) is 0 Å². The predicted octanol–water partition coefficient (Wildman–Crippen LogP) is 2.82. The first-order valence-corrected chi connectivity index (χ1v) is 10.1. The van der Waals surface area contributed by atoms with E-state index in [1.54, 1.807) is 29.3 Å². The second-order valence-electron chi connectivity index (χ2n) is 6.37. The van der Waals surface area contributed by atoms with Gasteiger partial charge in [0.05, 0.1) is 49.8 Å². The van der Waals surface area contributed by atoms with Gasteiger partial charge in [0.1, 0.15) is 0 Å². The van der Waals surface area contributed by atoms with Crippen LogP contribution < -0.4 is 24.4 Å². The van der Waals surface area contributed by atoms with Gasteiger partial charge in [-0.1, -0.05) is 0 Å². The van der Waals surface area contributed by atoms with Crippen molar-refractivity contribution in [3.8, 4) is 17.2 Å². The first-order chi connectivity index (χ1) is 14.0. The number of nitrogens with one attached hydrogen (secondary N) is 1. The Balaban J connectivity index is 1.76. The third kappa shape index (κ3) is 4.40. The van der Waals surface area contributed by atoms with Crippen molar-refractivity contribution in [1.82, 2.24) is 4.98 Å². The van der Waals surface area contributed by atoms with Crippen molar-refractivity contribution in [2.24, 2.45) is 5.92 Å². The summed E-state index contributed by atoms with van der Waals surface area (Å²) >= 11 is 1.52. The quantitative estimate of drug-likeness (QED) is 0.693. The molecule has 29 heavy (non-hydrogen) atoms. The smallest absolute Gasteiger partial charge is 0.229 e. The van der Waals surface area contributed by atoms with E-state index in [-0.39, 0.29) is 24.8 Å². The van der Waals surface area contributed by atoms with Gasteiger partial charge in [0.15, 0.2) is 11.5 Å². The summed E-state index contributed by atoms with van der Waals surface area (Å²) in [5.74, 6) is 0.509. The van der Waals surface area contributed by atoms with Crippen LogP contribution in [-0.2, 0) is 9.59 Å². The van der Waals surface area contributed by atoms with Crippen LogP contribution in [0.5, 0.6) is 17.2 Å². The highest BCUT2D eigenvalue weighted by Crippen LogP contribution is 2.42. The summed E-state index contributed by atoms with van der Waals surface area (Å²) in [5.41, 5.74) is 1.19.